The predicted octanol–water partition coefficient (Wildman–Crippen LogP) is 15.6. The van der Waals surface area contributed by atoms with E-state index in [-0.39, 0.29) is 108 Å². The van der Waals surface area contributed by atoms with Gasteiger partial charge < -0.3 is 59.6 Å². The highest BCUT2D eigenvalue weighted by Crippen LogP contribution is 2.51. The average molecular weight is 2160 g/mol. The number of ether oxygens (including phenoxy) is 5. The van der Waals surface area contributed by atoms with Crippen LogP contribution in [-0.2, 0) is 117 Å². The van der Waals surface area contributed by atoms with Crippen molar-refractivity contribution < 1.29 is 102 Å². The maximum atomic E-state index is 13.6. The summed E-state index contributed by atoms with van der Waals surface area (Å²) in [5.41, 5.74) is 8.58. The van der Waals surface area contributed by atoms with E-state index in [4.69, 9.17) is 44.8 Å². The van der Waals surface area contributed by atoms with Crippen molar-refractivity contribution in [2.24, 2.45) is 0 Å². The van der Waals surface area contributed by atoms with Crippen molar-refractivity contribution in [1.29, 1.82) is 0 Å². The second kappa shape index (κ2) is 50.9. The lowest BCUT2D eigenvalue weighted by Crippen LogP contribution is -2.42. The van der Waals surface area contributed by atoms with Gasteiger partial charge in [0, 0.05) is 196 Å². The summed E-state index contributed by atoms with van der Waals surface area (Å²) in [5, 5.41) is 53.4. The van der Waals surface area contributed by atoms with Crippen LogP contribution in [0, 0.1) is 0 Å². The number of rotatable bonds is 23. The van der Waals surface area contributed by atoms with Gasteiger partial charge in [-0.15, -0.1) is 0 Å². The van der Waals surface area contributed by atoms with E-state index >= 15 is 0 Å². The number of aromatic nitrogens is 10. The Labute approximate surface area is 837 Å². The SMILES string of the molecule is C.C.C.C.CC(=O)c1cnc2c(c1)C[C@@]1(C2)C(=O)N(COCC[Si](C)(C)C)c2ncccc21.CO.COC(=O)c1cc(Br)cnc1C(=O)OC.C[Si](C)(C)CCOCN1C(=O)C2(Cc3cc(Br)cnc3C2)c2cccnc21.C[Si](C)(C)CCOCN1C(=O)Cc2cccnc21.O=C(O)c1cccnc1C(=O)O.O=C(O)c1cnc2c(c1)C[C@@]1(C2)C(=O)Nc2ncccc21.OCc1cc(Br)cnc1CO. The predicted molar refractivity (Wildman–Crippen MR) is 545 cm³/mol. The van der Waals surface area contributed by atoms with Crippen LogP contribution in [0.1, 0.15) is 166 Å². The van der Waals surface area contributed by atoms with Crippen LogP contribution in [0.4, 0.5) is 23.3 Å². The number of aliphatic hydroxyl groups is 3. The summed E-state index contributed by atoms with van der Waals surface area (Å²) in [5.74, 6) is -2.11. The van der Waals surface area contributed by atoms with Gasteiger partial charge in [0.1, 0.15) is 43.5 Å². The van der Waals surface area contributed by atoms with Gasteiger partial charge in [0.05, 0.1) is 72.5 Å². The number of Topliss-reactive ketones (excluding diaryl/α,β-unsaturated/α-hetero) is 1. The van der Waals surface area contributed by atoms with Crippen LogP contribution in [0.15, 0.2) is 166 Å². The Bertz CT molecular complexity index is 6060. The fourth-order valence-electron chi connectivity index (χ4n) is 15.7. The van der Waals surface area contributed by atoms with Crippen molar-refractivity contribution in [2.75, 3.05) is 81.4 Å². The van der Waals surface area contributed by atoms with E-state index in [0.29, 0.717) is 97.8 Å². The molecule has 17 rings (SSSR count). The largest absolute Gasteiger partial charge is 0.478 e. The first-order valence-electron chi connectivity index (χ1n) is 42.7. The van der Waals surface area contributed by atoms with Gasteiger partial charge in [-0.25, -0.2) is 53.9 Å². The molecule has 0 fully saturated rings. The van der Waals surface area contributed by atoms with Crippen LogP contribution in [0.3, 0.4) is 0 Å². The molecule has 3 atom stereocenters. The van der Waals surface area contributed by atoms with Gasteiger partial charge in [0.2, 0.25) is 23.6 Å². The molecule has 41 heteroatoms. The highest BCUT2D eigenvalue weighted by molar-refractivity contribution is 9.11. The number of aromatic carboxylic acids is 3. The summed E-state index contributed by atoms with van der Waals surface area (Å²) < 4.78 is 28.7. The van der Waals surface area contributed by atoms with Crippen LogP contribution in [-0.4, -0.2) is 225 Å². The van der Waals surface area contributed by atoms with Gasteiger partial charge in [-0.05, 0) is 176 Å². The monoisotopic (exact) mass is 2150 g/mol. The van der Waals surface area contributed by atoms with E-state index in [1.54, 1.807) is 76.3 Å². The van der Waals surface area contributed by atoms with Crippen LogP contribution >= 0.6 is 47.8 Å². The Morgan fingerprint density at radius 1 is 0.432 bits per heavy atom. The number of hydrogen-bond acceptors (Lipinski definition) is 28. The number of aliphatic hydroxyl groups excluding tert-OH is 3. The molecule has 0 saturated carbocycles. The molecule has 0 saturated heterocycles. The number of nitrogens with zero attached hydrogens (tertiary/aromatic N) is 13. The molecule has 0 aromatic carbocycles. The second-order valence-electron chi connectivity index (χ2n) is 35.8. The molecule has 139 heavy (non-hydrogen) atoms. The van der Waals surface area contributed by atoms with E-state index in [1.165, 1.54) is 57.9 Å². The number of halogens is 3. The van der Waals surface area contributed by atoms with Gasteiger partial charge in [-0.1, -0.05) is 113 Å². The lowest BCUT2D eigenvalue weighted by atomic mass is 9.79. The zero-order valence-electron chi connectivity index (χ0n) is 76.9. The molecule has 14 heterocycles. The molecule has 4 amide bonds. The number of amides is 4. The smallest absolute Gasteiger partial charge is 0.357 e. The summed E-state index contributed by atoms with van der Waals surface area (Å²) in [7, 11) is 0.0227. The number of carboxylic acid groups (broad SMARTS) is 3. The molecule has 7 N–H and O–H groups in total. The number of hydrogen-bond donors (Lipinski definition) is 7. The molecule has 35 nitrogen and oxygen atoms in total. The number of ketones is 1. The first-order valence-corrected chi connectivity index (χ1v) is 56.2. The van der Waals surface area contributed by atoms with Crippen molar-refractivity contribution >= 4 is 155 Å². The van der Waals surface area contributed by atoms with E-state index in [1.807, 2.05) is 48.5 Å². The molecule has 10 aromatic rings. The van der Waals surface area contributed by atoms with Crippen molar-refractivity contribution in [1.82, 2.24) is 49.8 Å². The van der Waals surface area contributed by atoms with E-state index in [0.717, 1.165) is 108 Å². The van der Waals surface area contributed by atoms with Crippen molar-refractivity contribution in [3.63, 3.8) is 0 Å². The molecule has 10 aromatic heterocycles. The lowest BCUT2D eigenvalue weighted by molar-refractivity contribution is -0.124. The Morgan fingerprint density at radius 3 is 1.34 bits per heavy atom. The first kappa shape index (κ1) is 116. The summed E-state index contributed by atoms with van der Waals surface area (Å²) in [6.07, 6.45) is 19.5. The first-order chi connectivity index (χ1) is 64.1. The quantitative estimate of drug-likeness (QED) is 0.0135. The summed E-state index contributed by atoms with van der Waals surface area (Å²) in [6.45, 7) is 25.0. The van der Waals surface area contributed by atoms with Crippen molar-refractivity contribution in [3.05, 3.63) is 267 Å². The molecular weight excluding hydrogens is 2030 g/mol. The number of anilines is 4. The number of methoxy groups -OCH3 is 2. The zero-order valence-corrected chi connectivity index (χ0v) is 84.7. The van der Waals surface area contributed by atoms with E-state index in [2.05, 4.69) is 177 Å². The highest BCUT2D eigenvalue weighted by Gasteiger charge is 2.57. The third-order valence-corrected chi connectivity index (χ3v) is 29.2. The van der Waals surface area contributed by atoms with Crippen LogP contribution < -0.4 is 20.0 Å². The number of esters is 2. The molecule has 0 bridgehead atoms. The molecular formula is C98H123Br3N14O21Si3. The highest BCUT2D eigenvalue weighted by atomic mass is 79.9. The Morgan fingerprint density at radius 2 is 0.856 bits per heavy atom. The topological polar surface area (TPSA) is 489 Å². The summed E-state index contributed by atoms with van der Waals surface area (Å²) >= 11 is 9.85. The Balaban J connectivity index is 0.000000253. The van der Waals surface area contributed by atoms with Gasteiger partial charge in [0.15, 0.2) is 17.2 Å². The maximum absolute atomic E-state index is 13.6. The van der Waals surface area contributed by atoms with E-state index < -0.39 is 76.0 Å². The number of carboxylic acids is 3. The summed E-state index contributed by atoms with van der Waals surface area (Å²) in [4.78, 5) is 164. The normalized spacial score (nSPS) is 16.3. The van der Waals surface area contributed by atoms with E-state index in [9.17, 15) is 47.9 Å². The average Bonchev–Trinajstić information content (AvgIpc) is 1.56. The number of fused-ring (bicyclic) bond motifs is 10. The zero-order chi connectivity index (χ0) is 98.7. The molecule has 3 aliphatic carbocycles. The number of nitrogens with one attached hydrogen (secondary N) is 1. The Hall–Kier alpha value is -11.7. The van der Waals surface area contributed by atoms with Gasteiger partial charge in [-0.2, -0.15) is 0 Å². The second-order valence-corrected chi connectivity index (χ2v) is 55.4. The van der Waals surface area contributed by atoms with Crippen molar-refractivity contribution in [2.45, 2.75) is 188 Å². The van der Waals surface area contributed by atoms with Crippen LogP contribution in [0.2, 0.25) is 77.1 Å². The molecule has 744 valence electrons. The molecule has 0 radical (unpaired) electrons. The fraction of sp³-hybridized carbons (Fsp3) is 0.388. The number of pyridine rings is 10. The standard InChI is InChI=1S/C22H27N3O3Si.C20H24BrN3O2Si.C15H11N3O3.C13H20N2O2Si.C9H8BrNO4.C7H8BrNO2.C7H5NO4.CH4O.4CH4/c1-15(26)17-10-16-11-22(12-19(16)24-13-17)18-6-5-7-23-20(18)25(21(22)27)14-28-8-9-29(2,3)4;1-27(2,3)8-7-26-13-24-18-16(5-4-6-22-18)20(19(24)25)10-14-9-15(21)12-23-17(14)11-20;19-13(20)9-4-8-5-15(6-11(8)17-7-9)10-2-1-3-16-12(10)18-14(15)21;1-18(2,3)8-7-17-10-15-12(16)9-11-5-4-6-14-13(11)15;1-14-8(12)6-3-5(10)4-11-7(6)9(13)15-2;8-6-1-5(3-10)7(4-11)9-2-6;9-6(10)4-2-1-3-8-5(4)7(11)12;1-2;;;;/h5-7,10,13H,8-9,11-12,14H2,1-4H3;4-6,9,12H,7-8,10-11,13H2,1-3H3;1-4,7H,5-6H2,(H,19,20)(H,16,18,21);4-6H,7-10H2,1-3H3;3-4H,1-2H3;1-2,10-11H,3-4H2;1-3H,(H,9,10)(H,11,12);2H,1H3;4*1H4/t22-;;15-;;;;;;;;;/m0.0........./s1. The summed E-state index contributed by atoms with van der Waals surface area (Å²) in [6, 6.07) is 29.9. The van der Waals surface area contributed by atoms with Crippen molar-refractivity contribution in [3.8, 4) is 0 Å². The maximum Gasteiger partial charge on any atom is 0.357 e. The van der Waals surface area contributed by atoms with Crippen LogP contribution in [0.25, 0.3) is 0 Å². The molecule has 7 aliphatic rings. The van der Waals surface area contributed by atoms with Gasteiger partial charge in [0.25, 0.3) is 0 Å². The molecule has 3 spiro atoms. The molecule has 1 unspecified atom stereocenters. The minimum atomic E-state index is -1.34. The third kappa shape index (κ3) is 28.3. The lowest BCUT2D eigenvalue weighted by Gasteiger charge is -2.23. The fourth-order valence-corrected chi connectivity index (χ4v) is 19.1. The number of carbonyl (C=O) groups excluding carboxylic acids is 7. The minimum Gasteiger partial charge on any atom is -0.478 e. The minimum absolute atomic E-state index is 0. The van der Waals surface area contributed by atoms with Gasteiger partial charge in [-0.3, -0.25) is 58.6 Å². The van der Waals surface area contributed by atoms with Crippen LogP contribution in [0.5, 0.6) is 0 Å². The molecule has 4 aliphatic heterocycles. The number of carbonyl (C=O) groups is 10. The van der Waals surface area contributed by atoms with Gasteiger partial charge >= 0.3 is 29.8 Å². The third-order valence-electron chi connectivity index (χ3n) is 22.7. The Kier molecular flexibility index (Phi) is 42.5.